The van der Waals surface area contributed by atoms with Gasteiger partial charge in [-0.05, 0) is 13.8 Å². The maximum atomic E-state index is 11.2. The number of nitrogens with one attached hydrogen (secondary N) is 1. The van der Waals surface area contributed by atoms with Gasteiger partial charge in [-0.3, -0.25) is 4.84 Å². The molecule has 0 aliphatic heterocycles. The highest BCUT2D eigenvalue weighted by atomic mass is 32.2. The molecule has 7 heteroatoms. The Balaban J connectivity index is 4.45. The number of sulfone groups is 1. The fraction of sp³-hybridized carbons (Fsp3) is 0.714. The Labute approximate surface area is 87.4 Å². The van der Waals surface area contributed by atoms with Gasteiger partial charge in [-0.15, -0.1) is 0 Å². The van der Waals surface area contributed by atoms with Crippen molar-refractivity contribution in [3.05, 3.63) is 0 Å². The summed E-state index contributed by atoms with van der Waals surface area (Å²) < 4.78 is 41.2. The molecule has 0 aromatic rings. The summed E-state index contributed by atoms with van der Waals surface area (Å²) in [7, 11) is -3.41. The van der Waals surface area contributed by atoms with Crippen LogP contribution < -0.4 is 5.32 Å². The minimum atomic E-state index is -3.41. The van der Waals surface area contributed by atoms with E-state index < -0.39 is 27.7 Å². The third kappa shape index (κ3) is 3.73. The normalized spacial score (nSPS) is 16.9. The van der Waals surface area contributed by atoms with Crippen molar-refractivity contribution in [3.63, 3.8) is 0 Å². The second-order valence-electron chi connectivity index (χ2n) is 3.11. The number of amides is 1. The molecule has 0 radical (unpaired) electrons. The van der Waals surface area contributed by atoms with Crippen LogP contribution in [0.15, 0.2) is 5.16 Å². The lowest BCUT2D eigenvalue weighted by Gasteiger charge is -2.15. The van der Waals surface area contributed by atoms with E-state index >= 15 is 0 Å². The largest absolute Gasteiger partial charge is 0.433 e. The first-order chi connectivity index (χ1) is 7.35. The highest BCUT2D eigenvalue weighted by Crippen LogP contribution is 2.11. The maximum absolute atomic E-state index is 11.2. The van der Waals surface area contributed by atoms with Crippen molar-refractivity contribution in [1.29, 1.82) is 0 Å². The molecule has 0 bridgehead atoms. The molecule has 82 valence electrons. The Bertz CT molecular complexity index is 413. The minimum absolute atomic E-state index is 0.904. The molecule has 0 saturated carbocycles. The molecular weight excluding hydrogens is 210 g/mol. The van der Waals surface area contributed by atoms with E-state index in [2.05, 4.69) is 9.99 Å². The maximum Gasteiger partial charge on any atom is 0.433 e. The van der Waals surface area contributed by atoms with Gasteiger partial charge in [-0.1, -0.05) is 5.16 Å². The number of carbonyl (C=O) groups excluding carboxylic acids is 1. The van der Waals surface area contributed by atoms with Crippen molar-refractivity contribution in [3.8, 4) is 0 Å². The molecule has 0 unspecified atom stereocenters. The number of carbonyl (C=O) groups is 1. The first-order valence-electron chi connectivity index (χ1n) is 5.08. The Morgan fingerprint density at radius 3 is 2.64 bits per heavy atom. The van der Waals surface area contributed by atoms with Gasteiger partial charge >= 0.3 is 6.09 Å². The van der Waals surface area contributed by atoms with Crippen molar-refractivity contribution in [2.45, 2.75) is 18.6 Å². The van der Waals surface area contributed by atoms with E-state index in [-0.39, 0.29) is 0 Å². The van der Waals surface area contributed by atoms with E-state index in [1.54, 1.807) is 0 Å². The van der Waals surface area contributed by atoms with Crippen molar-refractivity contribution in [2.75, 3.05) is 13.2 Å². The molecule has 0 atom stereocenters. The van der Waals surface area contributed by atoms with Crippen LogP contribution >= 0.6 is 0 Å². The predicted octanol–water partition coefficient (Wildman–Crippen LogP) is 0.151. The average molecular weight is 227 g/mol. The lowest BCUT2D eigenvalue weighted by molar-refractivity contribution is 0.153. The second-order valence-corrected chi connectivity index (χ2v) is 5.71. The number of hydrogen-bond acceptors (Lipinski definition) is 5. The quantitative estimate of drug-likeness (QED) is 0.322. The lowest BCUT2D eigenvalue weighted by atomic mass is 10.2. The van der Waals surface area contributed by atoms with Gasteiger partial charge in [0.2, 0.25) is 0 Å². The van der Waals surface area contributed by atoms with E-state index in [4.69, 9.17) is 4.11 Å². The number of nitrogens with zero attached hydrogens (tertiary/aromatic N) is 1. The van der Waals surface area contributed by atoms with E-state index in [1.807, 2.05) is 0 Å². The molecule has 0 rings (SSSR count). The molecule has 0 aromatic heterocycles. The zero-order valence-corrected chi connectivity index (χ0v) is 8.88. The second kappa shape index (κ2) is 4.41. The van der Waals surface area contributed by atoms with Crippen molar-refractivity contribution in [2.24, 2.45) is 5.16 Å². The first-order valence-corrected chi connectivity index (χ1v) is 5.47. The topological polar surface area (TPSA) is 84.8 Å². The van der Waals surface area contributed by atoms with Crippen LogP contribution in [0.2, 0.25) is 0 Å². The zero-order chi connectivity index (χ0) is 13.9. The summed E-state index contributed by atoms with van der Waals surface area (Å²) in [5, 5.41) is 4.65. The molecule has 6 nitrogen and oxygen atoms in total. The molecule has 1 amide bonds. The van der Waals surface area contributed by atoms with Crippen LogP contribution in [0.25, 0.3) is 0 Å². The zero-order valence-electron chi connectivity index (χ0n) is 11.1. The number of hydrogen-bond donors (Lipinski definition) is 1. The Morgan fingerprint density at radius 1 is 1.64 bits per heavy atom. The molecular formula is C7H14N2O4S. The highest BCUT2D eigenvalue weighted by molar-refractivity contribution is 7.92. The summed E-state index contributed by atoms with van der Waals surface area (Å²) in [4.78, 5) is 15.0. The van der Waals surface area contributed by atoms with Crippen LogP contribution in [0.4, 0.5) is 4.79 Å². The Hall–Kier alpha value is -1.11. The van der Waals surface area contributed by atoms with E-state index in [9.17, 15) is 13.2 Å². The lowest BCUT2D eigenvalue weighted by Crippen LogP contribution is -2.32. The van der Waals surface area contributed by atoms with Crippen LogP contribution in [0, 0.1) is 0 Å². The molecule has 1 N–H and O–H groups in total. The van der Waals surface area contributed by atoms with Gasteiger partial charge in [-0.25, -0.2) is 13.2 Å². The summed E-state index contributed by atoms with van der Waals surface area (Å²) in [5.41, 5.74) is 0. The van der Waals surface area contributed by atoms with Gasteiger partial charge < -0.3 is 5.32 Å². The van der Waals surface area contributed by atoms with Crippen LogP contribution in [-0.2, 0) is 14.7 Å². The molecule has 0 fully saturated rings. The first kappa shape index (κ1) is 8.22. The molecule has 14 heavy (non-hydrogen) atoms. The van der Waals surface area contributed by atoms with Crippen LogP contribution in [-0.4, -0.2) is 38.7 Å². The molecule has 0 saturated heterocycles. The number of oxime groups is 1. The summed E-state index contributed by atoms with van der Waals surface area (Å²) in [6.45, 7) is 0.0344. The summed E-state index contributed by atoms with van der Waals surface area (Å²) >= 11 is 0. The monoisotopic (exact) mass is 227 g/mol. The average Bonchev–Trinajstić information content (AvgIpc) is 1.97. The van der Waals surface area contributed by atoms with Crippen molar-refractivity contribution in [1.82, 2.24) is 5.32 Å². The molecule has 0 aliphatic rings. The summed E-state index contributed by atoms with van der Waals surface area (Å²) in [6, 6.07) is 0. The van der Waals surface area contributed by atoms with Gasteiger partial charge in [0.1, 0.15) is 4.75 Å². The minimum Gasteiger partial charge on any atom is -0.323 e. The van der Waals surface area contributed by atoms with Gasteiger partial charge in [-0.2, -0.15) is 0 Å². The molecule has 0 aliphatic carbocycles. The van der Waals surface area contributed by atoms with Crippen LogP contribution in [0.1, 0.15) is 18.0 Å². The van der Waals surface area contributed by atoms with E-state index in [1.165, 1.54) is 19.2 Å². The molecule has 0 spiro atoms. The Morgan fingerprint density at radius 2 is 2.21 bits per heavy atom. The van der Waals surface area contributed by atoms with Crippen LogP contribution in [0.5, 0.6) is 0 Å². The van der Waals surface area contributed by atoms with E-state index in [0.29, 0.717) is 0 Å². The SMILES string of the molecule is [2H][13C]([2H])([2H])N[13C](=O)O/N=C/C(C)(C)S(C)(=O)=O. The smallest absolute Gasteiger partial charge is 0.323 e. The van der Waals surface area contributed by atoms with Gasteiger partial charge in [0.25, 0.3) is 0 Å². The summed E-state index contributed by atoms with van der Waals surface area (Å²) in [6.07, 6.45) is 0.619. The van der Waals surface area contributed by atoms with Crippen molar-refractivity contribution < 1.29 is 22.2 Å². The Kier molecular flexibility index (Phi) is 2.59. The highest BCUT2D eigenvalue weighted by Gasteiger charge is 2.28. The number of rotatable bonds is 3. The standard InChI is InChI=1S/C7H14N2O4S/c1-7(2,14(4,11)12)5-9-13-6(10)8-3/h5H,1-4H3,(H,8,10)/b9-5+/i3+1D3,6+1. The van der Waals surface area contributed by atoms with Gasteiger partial charge in [0, 0.05) is 17.3 Å². The van der Waals surface area contributed by atoms with Crippen LogP contribution in [0.3, 0.4) is 0 Å². The van der Waals surface area contributed by atoms with Crippen molar-refractivity contribution >= 4 is 22.1 Å². The van der Waals surface area contributed by atoms with E-state index in [0.717, 1.165) is 12.5 Å². The van der Waals surface area contributed by atoms with Gasteiger partial charge in [0.15, 0.2) is 9.84 Å². The third-order valence-corrected chi connectivity index (χ3v) is 3.57. The summed E-state index contributed by atoms with van der Waals surface area (Å²) in [5.74, 6) is 0. The predicted molar refractivity (Wildman–Crippen MR) is 53.0 cm³/mol. The fourth-order valence-corrected chi connectivity index (χ4v) is 0.554. The molecule has 0 aromatic carbocycles. The molecule has 0 heterocycles. The van der Waals surface area contributed by atoms with Gasteiger partial charge in [0.05, 0.1) is 6.21 Å². The fourth-order valence-electron chi connectivity index (χ4n) is 0.320. The third-order valence-electron chi connectivity index (χ3n) is 1.56.